The average molecular weight is 195 g/mol. The number of pyridine rings is 1. The Balaban J connectivity index is 2.66. The van der Waals surface area contributed by atoms with Gasteiger partial charge in [0.2, 0.25) is 0 Å². The SMILES string of the molecule is CC(C)CC(O)c1ccc(CO)nc1. The molecule has 1 atom stereocenters. The number of rotatable bonds is 4. The maximum Gasteiger partial charge on any atom is 0.0852 e. The lowest BCUT2D eigenvalue weighted by Gasteiger charge is -2.12. The molecule has 0 fully saturated rings. The molecule has 0 aliphatic rings. The Morgan fingerprint density at radius 1 is 1.36 bits per heavy atom. The molecule has 14 heavy (non-hydrogen) atoms. The van der Waals surface area contributed by atoms with Gasteiger partial charge in [0.05, 0.1) is 18.4 Å². The standard InChI is InChI=1S/C11H17NO2/c1-8(2)5-11(14)9-3-4-10(7-13)12-6-9/h3-4,6,8,11,13-14H,5,7H2,1-2H3. The van der Waals surface area contributed by atoms with Gasteiger partial charge < -0.3 is 10.2 Å². The second-order valence-corrected chi connectivity index (χ2v) is 3.89. The van der Waals surface area contributed by atoms with Crippen molar-refractivity contribution in [3.8, 4) is 0 Å². The molecule has 3 nitrogen and oxygen atoms in total. The van der Waals surface area contributed by atoms with E-state index in [4.69, 9.17) is 5.11 Å². The lowest BCUT2D eigenvalue weighted by molar-refractivity contribution is 0.150. The van der Waals surface area contributed by atoms with Crippen LogP contribution in [-0.2, 0) is 6.61 Å². The minimum Gasteiger partial charge on any atom is -0.390 e. The van der Waals surface area contributed by atoms with E-state index in [-0.39, 0.29) is 6.61 Å². The lowest BCUT2D eigenvalue weighted by atomic mass is 10.0. The number of nitrogens with zero attached hydrogens (tertiary/aromatic N) is 1. The molecule has 1 unspecified atom stereocenters. The molecule has 0 spiro atoms. The Morgan fingerprint density at radius 3 is 2.50 bits per heavy atom. The number of aliphatic hydroxyl groups excluding tert-OH is 2. The van der Waals surface area contributed by atoms with Crippen molar-refractivity contribution in [3.05, 3.63) is 29.6 Å². The molecule has 1 aromatic rings. The molecular weight excluding hydrogens is 178 g/mol. The van der Waals surface area contributed by atoms with Gasteiger partial charge in [0, 0.05) is 6.20 Å². The summed E-state index contributed by atoms with van der Waals surface area (Å²) in [5, 5.41) is 18.5. The lowest BCUT2D eigenvalue weighted by Crippen LogP contribution is -2.03. The zero-order valence-electron chi connectivity index (χ0n) is 8.64. The Kier molecular flexibility index (Phi) is 4.04. The molecule has 0 saturated carbocycles. The Labute approximate surface area is 84.4 Å². The van der Waals surface area contributed by atoms with Crippen molar-refractivity contribution >= 4 is 0 Å². The third-order valence-corrected chi connectivity index (χ3v) is 2.09. The Morgan fingerprint density at radius 2 is 2.07 bits per heavy atom. The quantitative estimate of drug-likeness (QED) is 0.768. The maximum atomic E-state index is 9.75. The summed E-state index contributed by atoms with van der Waals surface area (Å²) in [6.45, 7) is 4.08. The van der Waals surface area contributed by atoms with Gasteiger partial charge in [-0.2, -0.15) is 0 Å². The van der Waals surface area contributed by atoms with Gasteiger partial charge in [-0.05, 0) is 24.0 Å². The first kappa shape index (κ1) is 11.1. The third kappa shape index (κ3) is 3.09. The van der Waals surface area contributed by atoms with Gasteiger partial charge in [-0.1, -0.05) is 19.9 Å². The van der Waals surface area contributed by atoms with Crippen LogP contribution in [0.5, 0.6) is 0 Å². The largest absolute Gasteiger partial charge is 0.390 e. The van der Waals surface area contributed by atoms with Crippen molar-refractivity contribution in [2.75, 3.05) is 0 Å². The van der Waals surface area contributed by atoms with Crippen molar-refractivity contribution < 1.29 is 10.2 Å². The van der Waals surface area contributed by atoms with Crippen molar-refractivity contribution in [2.24, 2.45) is 5.92 Å². The zero-order chi connectivity index (χ0) is 10.6. The molecule has 0 saturated heterocycles. The average Bonchev–Trinajstić information content (AvgIpc) is 2.17. The van der Waals surface area contributed by atoms with Crippen LogP contribution in [0.4, 0.5) is 0 Å². The van der Waals surface area contributed by atoms with Crippen LogP contribution in [0.25, 0.3) is 0 Å². The Bertz CT molecular complexity index is 269. The molecule has 0 aliphatic carbocycles. The van der Waals surface area contributed by atoms with Crippen LogP contribution in [0.1, 0.15) is 37.6 Å². The van der Waals surface area contributed by atoms with Crippen molar-refractivity contribution in [2.45, 2.75) is 33.0 Å². The molecule has 0 amide bonds. The van der Waals surface area contributed by atoms with E-state index in [0.29, 0.717) is 11.6 Å². The first-order chi connectivity index (χ1) is 6.63. The summed E-state index contributed by atoms with van der Waals surface area (Å²) in [6, 6.07) is 3.55. The smallest absolute Gasteiger partial charge is 0.0852 e. The van der Waals surface area contributed by atoms with E-state index < -0.39 is 6.10 Å². The molecule has 2 N–H and O–H groups in total. The molecule has 1 aromatic heterocycles. The molecule has 0 aromatic carbocycles. The minimum atomic E-state index is -0.449. The van der Waals surface area contributed by atoms with Gasteiger partial charge in [-0.25, -0.2) is 0 Å². The molecule has 1 rings (SSSR count). The van der Waals surface area contributed by atoms with Gasteiger partial charge in [0.25, 0.3) is 0 Å². The molecule has 78 valence electrons. The monoisotopic (exact) mass is 195 g/mol. The van der Waals surface area contributed by atoms with Gasteiger partial charge in [-0.15, -0.1) is 0 Å². The highest BCUT2D eigenvalue weighted by Gasteiger charge is 2.09. The molecule has 0 bridgehead atoms. The van der Waals surface area contributed by atoms with E-state index in [1.165, 1.54) is 0 Å². The summed E-state index contributed by atoms with van der Waals surface area (Å²) in [4.78, 5) is 4.02. The second-order valence-electron chi connectivity index (χ2n) is 3.89. The van der Waals surface area contributed by atoms with Crippen LogP contribution in [0.3, 0.4) is 0 Å². The van der Waals surface area contributed by atoms with E-state index in [1.807, 2.05) is 6.07 Å². The normalized spacial score (nSPS) is 13.2. The van der Waals surface area contributed by atoms with E-state index in [2.05, 4.69) is 18.8 Å². The van der Waals surface area contributed by atoms with Crippen LogP contribution in [-0.4, -0.2) is 15.2 Å². The minimum absolute atomic E-state index is 0.0550. The molecule has 0 aliphatic heterocycles. The van der Waals surface area contributed by atoms with Crippen LogP contribution in [0, 0.1) is 5.92 Å². The van der Waals surface area contributed by atoms with Crippen molar-refractivity contribution in [1.29, 1.82) is 0 Å². The summed E-state index contributed by atoms with van der Waals surface area (Å²) in [6.07, 6.45) is 1.91. The van der Waals surface area contributed by atoms with Crippen molar-refractivity contribution in [1.82, 2.24) is 4.98 Å². The van der Waals surface area contributed by atoms with Crippen molar-refractivity contribution in [3.63, 3.8) is 0 Å². The van der Waals surface area contributed by atoms with Gasteiger partial charge in [0.1, 0.15) is 0 Å². The number of aliphatic hydroxyl groups is 2. The van der Waals surface area contributed by atoms with Crippen LogP contribution >= 0.6 is 0 Å². The topological polar surface area (TPSA) is 53.4 Å². The molecular formula is C11H17NO2. The van der Waals surface area contributed by atoms with Gasteiger partial charge in [0.15, 0.2) is 0 Å². The van der Waals surface area contributed by atoms with Crippen LogP contribution < -0.4 is 0 Å². The number of hydrogen-bond acceptors (Lipinski definition) is 3. The summed E-state index contributed by atoms with van der Waals surface area (Å²) in [5.41, 5.74) is 1.45. The summed E-state index contributed by atoms with van der Waals surface area (Å²) in [7, 11) is 0. The fourth-order valence-electron chi connectivity index (χ4n) is 1.31. The van der Waals surface area contributed by atoms with Crippen LogP contribution in [0.15, 0.2) is 18.3 Å². The molecule has 1 heterocycles. The summed E-state index contributed by atoms with van der Waals surface area (Å²) in [5.74, 6) is 0.461. The molecule has 3 heteroatoms. The predicted octanol–water partition coefficient (Wildman–Crippen LogP) is 1.65. The highest BCUT2D eigenvalue weighted by molar-refractivity contribution is 5.16. The van der Waals surface area contributed by atoms with Gasteiger partial charge >= 0.3 is 0 Å². The van der Waals surface area contributed by atoms with E-state index in [1.54, 1.807) is 12.3 Å². The first-order valence-electron chi connectivity index (χ1n) is 4.87. The highest BCUT2D eigenvalue weighted by atomic mass is 16.3. The third-order valence-electron chi connectivity index (χ3n) is 2.09. The summed E-state index contributed by atoms with van der Waals surface area (Å²) < 4.78 is 0. The molecule has 0 radical (unpaired) electrons. The number of aromatic nitrogens is 1. The second kappa shape index (κ2) is 5.08. The highest BCUT2D eigenvalue weighted by Crippen LogP contribution is 2.20. The number of hydrogen-bond donors (Lipinski definition) is 2. The Hall–Kier alpha value is -0.930. The van der Waals surface area contributed by atoms with E-state index >= 15 is 0 Å². The predicted molar refractivity (Wildman–Crippen MR) is 54.6 cm³/mol. The fourth-order valence-corrected chi connectivity index (χ4v) is 1.31. The van der Waals surface area contributed by atoms with Gasteiger partial charge in [-0.3, -0.25) is 4.98 Å². The van der Waals surface area contributed by atoms with Crippen LogP contribution in [0.2, 0.25) is 0 Å². The van der Waals surface area contributed by atoms with E-state index in [9.17, 15) is 5.11 Å². The maximum absolute atomic E-state index is 9.75. The van der Waals surface area contributed by atoms with E-state index in [0.717, 1.165) is 12.0 Å². The summed E-state index contributed by atoms with van der Waals surface area (Å²) >= 11 is 0. The first-order valence-corrected chi connectivity index (χ1v) is 4.87. The zero-order valence-corrected chi connectivity index (χ0v) is 8.64. The fraction of sp³-hybridized carbons (Fsp3) is 0.545.